The molecule has 0 saturated carbocycles. The molecular formula is C11H24N2O. The van der Waals surface area contributed by atoms with E-state index in [1.54, 1.807) is 4.90 Å². The number of hydrogen-bond donors (Lipinski definition) is 1. The number of carbonyl (C=O) groups is 1. The molecule has 0 aromatic rings. The minimum absolute atomic E-state index is 0.0428. The predicted octanol–water partition coefficient (Wildman–Crippen LogP) is 1.47. The number of amides is 1. The van der Waals surface area contributed by atoms with Crippen molar-refractivity contribution in [1.29, 1.82) is 0 Å². The maximum atomic E-state index is 11.8. The molecule has 0 spiro atoms. The Bertz CT molecular complexity index is 190. The molecule has 2 N–H and O–H groups in total. The lowest BCUT2D eigenvalue weighted by Gasteiger charge is -2.31. The minimum atomic E-state index is -0.374. The van der Waals surface area contributed by atoms with E-state index in [9.17, 15) is 4.79 Å². The van der Waals surface area contributed by atoms with Crippen molar-refractivity contribution in [3.63, 3.8) is 0 Å². The van der Waals surface area contributed by atoms with Gasteiger partial charge < -0.3 is 10.6 Å². The molecule has 0 heterocycles. The van der Waals surface area contributed by atoms with Crippen LogP contribution in [-0.4, -0.2) is 29.9 Å². The van der Waals surface area contributed by atoms with Crippen molar-refractivity contribution in [3.05, 3.63) is 0 Å². The van der Waals surface area contributed by atoms with Gasteiger partial charge in [0.15, 0.2) is 0 Å². The predicted molar refractivity (Wildman–Crippen MR) is 59.9 cm³/mol. The third-order valence-corrected chi connectivity index (χ3v) is 2.93. The van der Waals surface area contributed by atoms with Gasteiger partial charge in [0.25, 0.3) is 0 Å². The Morgan fingerprint density at radius 1 is 1.07 bits per heavy atom. The summed E-state index contributed by atoms with van der Waals surface area (Å²) in [5.41, 5.74) is 5.81. The second-order valence-electron chi connectivity index (χ2n) is 4.70. The van der Waals surface area contributed by atoms with Crippen LogP contribution in [0.5, 0.6) is 0 Å². The van der Waals surface area contributed by atoms with E-state index in [4.69, 9.17) is 5.73 Å². The number of hydrogen-bond acceptors (Lipinski definition) is 2. The SMILES string of the molecule is CC(C)C(C)N(C)C(=O)[C@H](N)C(C)C. The quantitative estimate of drug-likeness (QED) is 0.747. The Kier molecular flexibility index (Phi) is 5.13. The van der Waals surface area contributed by atoms with Crippen LogP contribution in [0.1, 0.15) is 34.6 Å². The highest BCUT2D eigenvalue weighted by Gasteiger charge is 2.25. The fourth-order valence-corrected chi connectivity index (χ4v) is 1.17. The van der Waals surface area contributed by atoms with E-state index in [2.05, 4.69) is 20.8 Å². The summed E-state index contributed by atoms with van der Waals surface area (Å²) in [4.78, 5) is 13.6. The first-order valence-corrected chi connectivity index (χ1v) is 5.31. The Labute approximate surface area is 87.6 Å². The standard InChI is InChI=1S/C11H24N2O/c1-7(2)9(5)13(6)11(14)10(12)8(3)4/h7-10H,12H2,1-6H3/t9?,10-/m1/s1. The maximum absolute atomic E-state index is 11.8. The highest BCUT2D eigenvalue weighted by atomic mass is 16.2. The maximum Gasteiger partial charge on any atom is 0.239 e. The van der Waals surface area contributed by atoms with Gasteiger partial charge in [-0.2, -0.15) is 0 Å². The van der Waals surface area contributed by atoms with Gasteiger partial charge in [-0.15, -0.1) is 0 Å². The highest BCUT2D eigenvalue weighted by molar-refractivity contribution is 5.81. The minimum Gasteiger partial charge on any atom is -0.341 e. The van der Waals surface area contributed by atoms with Crippen LogP contribution < -0.4 is 5.73 Å². The second kappa shape index (κ2) is 5.35. The molecular weight excluding hydrogens is 176 g/mol. The van der Waals surface area contributed by atoms with Crippen LogP contribution in [-0.2, 0) is 4.79 Å². The second-order valence-corrected chi connectivity index (χ2v) is 4.70. The summed E-state index contributed by atoms with van der Waals surface area (Å²) in [6.45, 7) is 10.2. The van der Waals surface area contributed by atoms with Crippen molar-refractivity contribution >= 4 is 5.91 Å². The summed E-state index contributed by atoms with van der Waals surface area (Å²) in [6, 6.07) is -0.131. The zero-order valence-electron chi connectivity index (χ0n) is 10.2. The van der Waals surface area contributed by atoms with Crippen LogP contribution in [0, 0.1) is 11.8 Å². The molecule has 0 aromatic carbocycles. The van der Waals surface area contributed by atoms with E-state index in [0.717, 1.165) is 0 Å². The van der Waals surface area contributed by atoms with Crippen molar-refractivity contribution < 1.29 is 4.79 Å². The molecule has 0 aromatic heterocycles. The molecule has 0 fully saturated rings. The molecule has 1 unspecified atom stereocenters. The van der Waals surface area contributed by atoms with Gasteiger partial charge in [0.05, 0.1) is 6.04 Å². The number of rotatable bonds is 4. The summed E-state index contributed by atoms with van der Waals surface area (Å²) >= 11 is 0. The molecule has 0 aliphatic carbocycles. The molecule has 1 amide bonds. The molecule has 2 atom stereocenters. The Morgan fingerprint density at radius 2 is 1.50 bits per heavy atom. The molecule has 0 aliphatic heterocycles. The van der Waals surface area contributed by atoms with Gasteiger partial charge in [0.2, 0.25) is 5.91 Å². The smallest absolute Gasteiger partial charge is 0.239 e. The van der Waals surface area contributed by atoms with Crippen LogP contribution in [0.3, 0.4) is 0 Å². The van der Waals surface area contributed by atoms with Gasteiger partial charge >= 0.3 is 0 Å². The number of nitrogens with two attached hydrogens (primary N) is 1. The number of likely N-dealkylation sites (N-methyl/N-ethyl adjacent to an activating group) is 1. The van der Waals surface area contributed by atoms with Gasteiger partial charge in [-0.3, -0.25) is 4.79 Å². The Balaban J connectivity index is 4.39. The van der Waals surface area contributed by atoms with Crippen LogP contribution in [0.25, 0.3) is 0 Å². The average Bonchev–Trinajstić information content (AvgIpc) is 2.12. The molecule has 0 bridgehead atoms. The van der Waals surface area contributed by atoms with Crippen LogP contribution in [0.4, 0.5) is 0 Å². The van der Waals surface area contributed by atoms with Crippen LogP contribution >= 0.6 is 0 Å². The third kappa shape index (κ3) is 3.29. The zero-order chi connectivity index (χ0) is 11.5. The normalized spacial score (nSPS) is 15.8. The van der Waals surface area contributed by atoms with Gasteiger partial charge in [0.1, 0.15) is 0 Å². The molecule has 14 heavy (non-hydrogen) atoms. The zero-order valence-corrected chi connectivity index (χ0v) is 10.2. The lowest BCUT2D eigenvalue weighted by atomic mass is 10.0. The molecule has 3 nitrogen and oxygen atoms in total. The van der Waals surface area contributed by atoms with Gasteiger partial charge in [-0.05, 0) is 18.8 Å². The van der Waals surface area contributed by atoms with Crippen LogP contribution in [0.2, 0.25) is 0 Å². The Morgan fingerprint density at radius 3 is 1.79 bits per heavy atom. The summed E-state index contributed by atoms with van der Waals surface area (Å²) < 4.78 is 0. The molecule has 0 saturated heterocycles. The first kappa shape index (κ1) is 13.4. The average molecular weight is 200 g/mol. The van der Waals surface area contributed by atoms with Gasteiger partial charge in [-0.25, -0.2) is 0 Å². The van der Waals surface area contributed by atoms with E-state index in [-0.39, 0.29) is 23.9 Å². The van der Waals surface area contributed by atoms with Crippen molar-refractivity contribution in [3.8, 4) is 0 Å². The first-order chi connectivity index (χ1) is 6.29. The van der Waals surface area contributed by atoms with Crippen LogP contribution in [0.15, 0.2) is 0 Å². The van der Waals surface area contributed by atoms with Gasteiger partial charge in [0, 0.05) is 13.1 Å². The van der Waals surface area contributed by atoms with Gasteiger partial charge in [-0.1, -0.05) is 27.7 Å². The summed E-state index contributed by atoms with van der Waals surface area (Å²) in [7, 11) is 1.83. The first-order valence-electron chi connectivity index (χ1n) is 5.31. The van der Waals surface area contributed by atoms with E-state index in [0.29, 0.717) is 5.92 Å². The Hall–Kier alpha value is -0.570. The topological polar surface area (TPSA) is 46.3 Å². The molecule has 0 aliphatic rings. The van der Waals surface area contributed by atoms with Crippen molar-refractivity contribution in [2.45, 2.75) is 46.7 Å². The summed E-state index contributed by atoms with van der Waals surface area (Å²) in [5.74, 6) is 0.703. The van der Waals surface area contributed by atoms with E-state index < -0.39 is 0 Å². The highest BCUT2D eigenvalue weighted by Crippen LogP contribution is 2.11. The summed E-state index contributed by atoms with van der Waals surface area (Å²) in [5, 5.41) is 0. The number of nitrogens with zero attached hydrogens (tertiary/aromatic N) is 1. The van der Waals surface area contributed by atoms with Crippen molar-refractivity contribution in [2.75, 3.05) is 7.05 Å². The molecule has 3 heteroatoms. The monoisotopic (exact) mass is 200 g/mol. The fourth-order valence-electron chi connectivity index (χ4n) is 1.17. The van der Waals surface area contributed by atoms with E-state index in [1.807, 2.05) is 20.9 Å². The van der Waals surface area contributed by atoms with E-state index in [1.165, 1.54) is 0 Å². The lowest BCUT2D eigenvalue weighted by Crippen LogP contribution is -2.49. The number of carbonyl (C=O) groups excluding carboxylic acids is 1. The molecule has 84 valence electrons. The van der Waals surface area contributed by atoms with Crippen molar-refractivity contribution in [1.82, 2.24) is 4.90 Å². The van der Waals surface area contributed by atoms with Crippen molar-refractivity contribution in [2.24, 2.45) is 17.6 Å². The summed E-state index contributed by atoms with van der Waals surface area (Å²) in [6.07, 6.45) is 0. The lowest BCUT2D eigenvalue weighted by molar-refractivity contribution is -0.134. The fraction of sp³-hybridized carbons (Fsp3) is 0.909. The largest absolute Gasteiger partial charge is 0.341 e. The third-order valence-electron chi connectivity index (χ3n) is 2.93. The van der Waals surface area contributed by atoms with E-state index >= 15 is 0 Å². The molecule has 0 radical (unpaired) electrons. The molecule has 0 rings (SSSR count).